The quantitative estimate of drug-likeness (QED) is 0.149. The zero-order valence-electron chi connectivity index (χ0n) is 25.6. The highest BCUT2D eigenvalue weighted by molar-refractivity contribution is 5.98. The van der Waals surface area contributed by atoms with Crippen molar-refractivity contribution in [1.82, 2.24) is 5.32 Å². The third kappa shape index (κ3) is 9.21. The molecule has 0 radical (unpaired) electrons. The van der Waals surface area contributed by atoms with Crippen molar-refractivity contribution >= 4 is 17.8 Å². The maximum Gasteiger partial charge on any atom is 0.407 e. The molecule has 9 nitrogen and oxygen atoms in total. The summed E-state index contributed by atoms with van der Waals surface area (Å²) in [4.78, 5) is 39.5. The van der Waals surface area contributed by atoms with E-state index in [1.165, 1.54) is 0 Å². The summed E-state index contributed by atoms with van der Waals surface area (Å²) in [5, 5.41) is 2.92. The second-order valence-corrected chi connectivity index (χ2v) is 11.4. The number of carbonyl (C=O) groups excluding carboxylic acids is 3. The summed E-state index contributed by atoms with van der Waals surface area (Å²) in [6.45, 7) is 8.96. The van der Waals surface area contributed by atoms with Crippen LogP contribution in [0.2, 0.25) is 0 Å². The average Bonchev–Trinajstić information content (AvgIpc) is 3.38. The molecule has 0 saturated carbocycles. The van der Waals surface area contributed by atoms with Crippen LogP contribution in [0.5, 0.6) is 11.5 Å². The number of esters is 1. The molecular weight excluding hydrogens is 538 g/mol. The van der Waals surface area contributed by atoms with Crippen LogP contribution in [-0.4, -0.2) is 57.4 Å². The van der Waals surface area contributed by atoms with Crippen LogP contribution in [0.15, 0.2) is 48.5 Å². The lowest BCUT2D eigenvalue weighted by atomic mass is 9.80. The minimum atomic E-state index is -0.626. The van der Waals surface area contributed by atoms with Crippen LogP contribution in [0.3, 0.4) is 0 Å². The molecule has 3 rings (SSSR count). The SMILES string of the molecule is COCCCOc1cc(C(=O)[C@@H](C[C@H](NC(=O)OCc2ccccc2)[C@@H]2C[C@@H](C(C)C)C(=O)O2)C(C)C)ccc1OC. The Bertz CT molecular complexity index is 1170. The predicted molar refractivity (Wildman–Crippen MR) is 159 cm³/mol. The summed E-state index contributed by atoms with van der Waals surface area (Å²) in [5.74, 6) is -0.0799. The smallest absolute Gasteiger partial charge is 0.407 e. The van der Waals surface area contributed by atoms with E-state index in [9.17, 15) is 14.4 Å². The van der Waals surface area contributed by atoms with Gasteiger partial charge in [0.05, 0.1) is 25.7 Å². The van der Waals surface area contributed by atoms with Crippen molar-refractivity contribution in [3.8, 4) is 11.5 Å². The minimum absolute atomic E-state index is 0.0617. The van der Waals surface area contributed by atoms with Gasteiger partial charge in [0.25, 0.3) is 0 Å². The largest absolute Gasteiger partial charge is 0.493 e. The lowest BCUT2D eigenvalue weighted by Crippen LogP contribution is -2.46. The third-order valence-electron chi connectivity index (χ3n) is 7.67. The Kier molecular flexibility index (Phi) is 12.7. The van der Waals surface area contributed by atoms with Gasteiger partial charge in [-0.1, -0.05) is 58.0 Å². The molecule has 1 fully saturated rings. The van der Waals surface area contributed by atoms with E-state index >= 15 is 0 Å². The molecule has 2 aromatic carbocycles. The molecule has 230 valence electrons. The molecule has 42 heavy (non-hydrogen) atoms. The number of ether oxygens (including phenoxy) is 5. The number of alkyl carbamates (subject to hydrolysis) is 1. The summed E-state index contributed by atoms with van der Waals surface area (Å²) in [6, 6.07) is 13.9. The van der Waals surface area contributed by atoms with E-state index in [0.29, 0.717) is 43.1 Å². The number of carbonyl (C=O) groups is 3. The maximum absolute atomic E-state index is 13.9. The molecule has 2 aromatic rings. The van der Waals surface area contributed by atoms with Crippen LogP contribution in [0.4, 0.5) is 4.79 Å². The molecule has 0 aliphatic carbocycles. The van der Waals surface area contributed by atoms with E-state index in [0.717, 1.165) is 5.56 Å². The number of rotatable bonds is 16. The van der Waals surface area contributed by atoms with Gasteiger partial charge in [0.1, 0.15) is 12.7 Å². The molecule has 1 aliphatic heterocycles. The zero-order valence-corrected chi connectivity index (χ0v) is 25.6. The van der Waals surface area contributed by atoms with Crippen molar-refractivity contribution in [2.24, 2.45) is 23.7 Å². The van der Waals surface area contributed by atoms with Gasteiger partial charge in [-0.05, 0) is 48.4 Å². The summed E-state index contributed by atoms with van der Waals surface area (Å²) in [5.41, 5.74) is 1.33. The van der Waals surface area contributed by atoms with Crippen molar-refractivity contribution < 1.29 is 38.1 Å². The van der Waals surface area contributed by atoms with Gasteiger partial charge in [-0.25, -0.2) is 4.79 Å². The lowest BCUT2D eigenvalue weighted by Gasteiger charge is -2.29. The molecule has 1 aliphatic rings. The van der Waals surface area contributed by atoms with Gasteiger partial charge in [0.15, 0.2) is 17.3 Å². The Morgan fingerprint density at radius 2 is 1.74 bits per heavy atom. The third-order valence-corrected chi connectivity index (χ3v) is 7.67. The van der Waals surface area contributed by atoms with Gasteiger partial charge >= 0.3 is 12.1 Å². The molecule has 9 heteroatoms. The number of methoxy groups -OCH3 is 2. The van der Waals surface area contributed by atoms with Gasteiger partial charge in [-0.15, -0.1) is 0 Å². The van der Waals surface area contributed by atoms with Crippen LogP contribution >= 0.6 is 0 Å². The number of cyclic esters (lactones) is 1. The summed E-state index contributed by atoms with van der Waals surface area (Å²) >= 11 is 0. The minimum Gasteiger partial charge on any atom is -0.493 e. The standard InChI is InChI=1S/C33H45NO8/c1-21(2)25(31(35)24-13-14-28(39-6)30(17-24)40-16-10-15-38-5)18-27(29-19-26(22(3)4)32(36)42-29)34-33(37)41-20-23-11-8-7-9-12-23/h7-9,11-14,17,21-22,25-27,29H,10,15-16,18-20H2,1-6H3,(H,34,37)/t25-,26-,27-,29-/m0/s1. The number of hydrogen-bond donors (Lipinski definition) is 1. The fourth-order valence-corrected chi connectivity index (χ4v) is 5.14. The monoisotopic (exact) mass is 583 g/mol. The van der Waals surface area contributed by atoms with Crippen LogP contribution in [0, 0.1) is 23.7 Å². The summed E-state index contributed by atoms with van der Waals surface area (Å²) in [6.07, 6.45) is 0.229. The maximum atomic E-state index is 13.9. The number of ketones is 1. The van der Waals surface area contributed by atoms with Crippen molar-refractivity contribution in [3.63, 3.8) is 0 Å². The van der Waals surface area contributed by atoms with Crippen LogP contribution < -0.4 is 14.8 Å². The molecule has 1 N–H and O–H groups in total. The van der Waals surface area contributed by atoms with E-state index in [1.54, 1.807) is 32.4 Å². The van der Waals surface area contributed by atoms with Gasteiger partial charge < -0.3 is 29.0 Å². The van der Waals surface area contributed by atoms with Gasteiger partial charge in [0, 0.05) is 31.6 Å². The van der Waals surface area contributed by atoms with E-state index in [1.807, 2.05) is 58.0 Å². The average molecular weight is 584 g/mol. The first-order chi connectivity index (χ1) is 20.1. The van der Waals surface area contributed by atoms with Crippen LogP contribution in [-0.2, 0) is 25.6 Å². The number of hydrogen-bond acceptors (Lipinski definition) is 8. The topological polar surface area (TPSA) is 109 Å². The highest BCUT2D eigenvalue weighted by Gasteiger charge is 2.42. The van der Waals surface area contributed by atoms with Crippen molar-refractivity contribution in [1.29, 1.82) is 0 Å². The number of amides is 1. The van der Waals surface area contributed by atoms with E-state index in [2.05, 4.69) is 5.32 Å². The van der Waals surface area contributed by atoms with Crippen molar-refractivity contribution in [3.05, 3.63) is 59.7 Å². The van der Waals surface area contributed by atoms with Crippen molar-refractivity contribution in [2.45, 2.75) is 65.7 Å². The van der Waals surface area contributed by atoms with E-state index in [4.69, 9.17) is 23.7 Å². The first kappa shape index (κ1) is 32.9. The Hall–Kier alpha value is -3.59. The Labute approximate surface area is 249 Å². The van der Waals surface area contributed by atoms with Crippen molar-refractivity contribution in [2.75, 3.05) is 27.4 Å². The first-order valence-electron chi connectivity index (χ1n) is 14.7. The van der Waals surface area contributed by atoms with Gasteiger partial charge in [0.2, 0.25) is 0 Å². The summed E-state index contributed by atoms with van der Waals surface area (Å²) in [7, 11) is 3.18. The normalized spacial score (nSPS) is 18.0. The molecule has 4 atom stereocenters. The second kappa shape index (κ2) is 16.2. The fourth-order valence-electron chi connectivity index (χ4n) is 5.14. The van der Waals surface area contributed by atoms with Crippen LogP contribution in [0.1, 0.15) is 62.9 Å². The number of Topliss-reactive ketones (excluding diaryl/α,β-unsaturated/α-hetero) is 1. The number of nitrogens with one attached hydrogen (secondary N) is 1. The molecule has 0 bridgehead atoms. The number of benzene rings is 2. The van der Waals surface area contributed by atoms with Gasteiger partial charge in [-0.2, -0.15) is 0 Å². The van der Waals surface area contributed by atoms with E-state index < -0.39 is 24.2 Å². The highest BCUT2D eigenvalue weighted by atomic mass is 16.6. The highest BCUT2D eigenvalue weighted by Crippen LogP contribution is 2.34. The molecule has 0 aromatic heterocycles. The first-order valence-corrected chi connectivity index (χ1v) is 14.7. The van der Waals surface area contributed by atoms with E-state index in [-0.39, 0.29) is 42.5 Å². The zero-order chi connectivity index (χ0) is 30.6. The van der Waals surface area contributed by atoms with Crippen LogP contribution in [0.25, 0.3) is 0 Å². The molecule has 0 spiro atoms. The molecule has 1 heterocycles. The molecule has 1 saturated heterocycles. The molecule has 1 amide bonds. The second-order valence-electron chi connectivity index (χ2n) is 11.4. The van der Waals surface area contributed by atoms with Gasteiger partial charge in [-0.3, -0.25) is 9.59 Å². The Balaban J connectivity index is 1.81. The molecule has 0 unspecified atom stereocenters. The summed E-state index contributed by atoms with van der Waals surface area (Å²) < 4.78 is 27.7. The Morgan fingerprint density at radius 1 is 1.00 bits per heavy atom. The Morgan fingerprint density at radius 3 is 2.36 bits per heavy atom. The molecular formula is C33H45NO8. The fraction of sp³-hybridized carbons (Fsp3) is 0.545. The lowest BCUT2D eigenvalue weighted by molar-refractivity contribution is -0.146. The predicted octanol–water partition coefficient (Wildman–Crippen LogP) is 5.84.